The van der Waals surface area contributed by atoms with E-state index in [1.165, 1.54) is 12.3 Å². The van der Waals surface area contributed by atoms with E-state index in [0.29, 0.717) is 24.5 Å². The minimum atomic E-state index is -0.297. The summed E-state index contributed by atoms with van der Waals surface area (Å²) in [7, 11) is 0. The number of nitrogens with one attached hydrogen (secondary N) is 2. The molecule has 0 fully saturated rings. The molecule has 144 valence electrons. The molecule has 0 aliphatic rings. The Labute approximate surface area is 164 Å². The maximum absolute atomic E-state index is 13.7. The monoisotopic (exact) mass is 378 g/mol. The number of aryl methyl sites for hydroxylation is 3. The van der Waals surface area contributed by atoms with Gasteiger partial charge in [-0.3, -0.25) is 4.79 Å². The quantitative estimate of drug-likeness (QED) is 0.665. The van der Waals surface area contributed by atoms with Crippen molar-refractivity contribution < 1.29 is 9.18 Å². The smallest absolute Gasteiger partial charge is 0.274 e. The molecule has 2 aromatic carbocycles. The number of benzene rings is 2. The lowest BCUT2D eigenvalue weighted by atomic mass is 10.1. The molecule has 6 heteroatoms. The lowest BCUT2D eigenvalue weighted by Crippen LogP contribution is -2.17. The highest BCUT2D eigenvalue weighted by molar-refractivity contribution is 6.03. The standard InChI is InChI=1S/C22H23FN4O/c1-14-12-15(2)20(16(3)13-14)27-21(28)19-9-11-25-22(26-19)24-10-8-17-6-4-5-7-18(17)23/h4-7,9,11-13H,8,10H2,1-3H3,(H,27,28)(H,24,25,26). The summed E-state index contributed by atoms with van der Waals surface area (Å²) in [6.07, 6.45) is 2.02. The molecule has 0 saturated heterocycles. The van der Waals surface area contributed by atoms with Crippen molar-refractivity contribution in [2.75, 3.05) is 17.2 Å². The topological polar surface area (TPSA) is 66.9 Å². The summed E-state index contributed by atoms with van der Waals surface area (Å²) in [6.45, 7) is 6.41. The highest BCUT2D eigenvalue weighted by Crippen LogP contribution is 2.22. The van der Waals surface area contributed by atoms with E-state index < -0.39 is 0 Å². The first kappa shape index (κ1) is 19.5. The van der Waals surface area contributed by atoms with Crippen molar-refractivity contribution in [3.63, 3.8) is 0 Å². The van der Waals surface area contributed by atoms with Crippen molar-refractivity contribution >= 4 is 17.5 Å². The first-order valence-electron chi connectivity index (χ1n) is 9.13. The van der Waals surface area contributed by atoms with Gasteiger partial charge in [-0.05, 0) is 56.0 Å². The van der Waals surface area contributed by atoms with Gasteiger partial charge in [0.05, 0.1) is 0 Å². The van der Waals surface area contributed by atoms with Crippen LogP contribution < -0.4 is 10.6 Å². The van der Waals surface area contributed by atoms with Gasteiger partial charge in [-0.1, -0.05) is 35.9 Å². The zero-order valence-electron chi connectivity index (χ0n) is 16.2. The predicted molar refractivity (Wildman–Crippen MR) is 109 cm³/mol. The van der Waals surface area contributed by atoms with Crippen molar-refractivity contribution in [2.45, 2.75) is 27.2 Å². The second kappa shape index (κ2) is 8.61. The summed E-state index contributed by atoms with van der Waals surface area (Å²) in [5, 5.41) is 5.97. The van der Waals surface area contributed by atoms with E-state index >= 15 is 0 Å². The summed E-state index contributed by atoms with van der Waals surface area (Å²) in [5.41, 5.74) is 4.84. The molecule has 28 heavy (non-hydrogen) atoms. The lowest BCUT2D eigenvalue weighted by Gasteiger charge is -2.13. The summed E-state index contributed by atoms with van der Waals surface area (Å²) in [4.78, 5) is 21.0. The molecule has 2 N–H and O–H groups in total. The van der Waals surface area contributed by atoms with Crippen molar-refractivity contribution in [3.05, 3.63) is 82.4 Å². The maximum Gasteiger partial charge on any atom is 0.274 e. The number of halogens is 1. The number of carbonyl (C=O) groups excluding carboxylic acids is 1. The molecule has 3 aromatic rings. The Balaban J connectivity index is 1.66. The van der Waals surface area contributed by atoms with Crippen LogP contribution in [0.5, 0.6) is 0 Å². The molecule has 0 radical (unpaired) electrons. The molecule has 3 rings (SSSR count). The second-order valence-electron chi connectivity index (χ2n) is 6.76. The van der Waals surface area contributed by atoms with E-state index in [2.05, 4.69) is 20.6 Å². The number of rotatable bonds is 6. The Morgan fingerprint density at radius 2 is 1.79 bits per heavy atom. The van der Waals surface area contributed by atoms with E-state index in [-0.39, 0.29) is 17.4 Å². The van der Waals surface area contributed by atoms with Crippen molar-refractivity contribution in [1.82, 2.24) is 9.97 Å². The second-order valence-corrected chi connectivity index (χ2v) is 6.76. The van der Waals surface area contributed by atoms with Crippen molar-refractivity contribution in [2.24, 2.45) is 0 Å². The zero-order chi connectivity index (χ0) is 20.1. The van der Waals surface area contributed by atoms with Gasteiger partial charge in [-0.25, -0.2) is 14.4 Å². The predicted octanol–water partition coefficient (Wildman–Crippen LogP) is 4.45. The van der Waals surface area contributed by atoms with Crippen LogP contribution in [0.3, 0.4) is 0 Å². The molecule has 0 unspecified atom stereocenters. The molecule has 5 nitrogen and oxygen atoms in total. The molecule has 1 amide bonds. The first-order valence-corrected chi connectivity index (χ1v) is 9.13. The van der Waals surface area contributed by atoms with Gasteiger partial charge in [0.2, 0.25) is 5.95 Å². The number of amides is 1. The van der Waals surface area contributed by atoms with Crippen LogP contribution in [0.15, 0.2) is 48.7 Å². The molecular formula is C22H23FN4O. The van der Waals surface area contributed by atoms with Crippen LogP contribution in [-0.2, 0) is 6.42 Å². The third-order valence-corrected chi connectivity index (χ3v) is 4.44. The van der Waals surface area contributed by atoms with E-state index in [9.17, 15) is 9.18 Å². The number of hydrogen-bond donors (Lipinski definition) is 2. The fraction of sp³-hybridized carbons (Fsp3) is 0.227. The summed E-state index contributed by atoms with van der Waals surface area (Å²) >= 11 is 0. The van der Waals surface area contributed by atoms with Gasteiger partial charge in [0, 0.05) is 18.4 Å². The minimum Gasteiger partial charge on any atom is -0.354 e. The largest absolute Gasteiger partial charge is 0.354 e. The van der Waals surface area contributed by atoms with Gasteiger partial charge < -0.3 is 10.6 Å². The van der Waals surface area contributed by atoms with Crippen LogP contribution in [0.1, 0.15) is 32.7 Å². The Morgan fingerprint density at radius 1 is 1.07 bits per heavy atom. The van der Waals surface area contributed by atoms with Gasteiger partial charge in [0.1, 0.15) is 11.5 Å². The van der Waals surface area contributed by atoms with Crippen molar-refractivity contribution in [1.29, 1.82) is 0 Å². The third-order valence-electron chi connectivity index (χ3n) is 4.44. The van der Waals surface area contributed by atoms with Gasteiger partial charge in [-0.2, -0.15) is 0 Å². The molecule has 0 spiro atoms. The Hall–Kier alpha value is -3.28. The summed E-state index contributed by atoms with van der Waals surface area (Å²) in [5.74, 6) is -0.196. The Bertz CT molecular complexity index is 980. The third kappa shape index (κ3) is 4.71. The molecule has 1 heterocycles. The van der Waals surface area contributed by atoms with E-state index in [4.69, 9.17) is 0 Å². The normalized spacial score (nSPS) is 10.6. The zero-order valence-corrected chi connectivity index (χ0v) is 16.2. The molecule has 0 aliphatic carbocycles. The fourth-order valence-electron chi connectivity index (χ4n) is 3.14. The van der Waals surface area contributed by atoms with Crippen LogP contribution in [0.25, 0.3) is 0 Å². The van der Waals surface area contributed by atoms with E-state index in [0.717, 1.165) is 22.4 Å². The fourth-order valence-corrected chi connectivity index (χ4v) is 3.14. The highest BCUT2D eigenvalue weighted by atomic mass is 19.1. The number of nitrogens with zero attached hydrogens (tertiary/aromatic N) is 2. The number of anilines is 2. The molecule has 0 aliphatic heterocycles. The number of aromatic nitrogens is 2. The first-order chi connectivity index (χ1) is 13.4. The minimum absolute atomic E-state index is 0.234. The summed E-state index contributed by atoms with van der Waals surface area (Å²) in [6, 6.07) is 12.3. The van der Waals surface area contributed by atoms with Crippen LogP contribution in [0.2, 0.25) is 0 Å². The summed E-state index contributed by atoms with van der Waals surface area (Å²) < 4.78 is 13.7. The molecule has 0 atom stereocenters. The molecular weight excluding hydrogens is 355 g/mol. The van der Waals surface area contributed by atoms with Gasteiger partial charge in [-0.15, -0.1) is 0 Å². The van der Waals surface area contributed by atoms with Crippen LogP contribution in [0, 0.1) is 26.6 Å². The Kier molecular flexibility index (Phi) is 5.99. The maximum atomic E-state index is 13.7. The average Bonchev–Trinajstić information content (AvgIpc) is 2.66. The molecule has 0 bridgehead atoms. The van der Waals surface area contributed by atoms with E-state index in [1.54, 1.807) is 24.3 Å². The highest BCUT2D eigenvalue weighted by Gasteiger charge is 2.12. The van der Waals surface area contributed by atoms with E-state index in [1.807, 2.05) is 32.9 Å². The van der Waals surface area contributed by atoms with Gasteiger partial charge in [0.15, 0.2) is 0 Å². The Morgan fingerprint density at radius 3 is 2.50 bits per heavy atom. The van der Waals surface area contributed by atoms with Crippen LogP contribution >= 0.6 is 0 Å². The SMILES string of the molecule is Cc1cc(C)c(NC(=O)c2ccnc(NCCc3ccccc3F)n2)c(C)c1. The lowest BCUT2D eigenvalue weighted by molar-refractivity contribution is 0.102. The van der Waals surface area contributed by atoms with Crippen LogP contribution in [-0.4, -0.2) is 22.4 Å². The molecule has 0 saturated carbocycles. The number of hydrogen-bond acceptors (Lipinski definition) is 4. The average molecular weight is 378 g/mol. The molecule has 1 aromatic heterocycles. The van der Waals surface area contributed by atoms with Crippen molar-refractivity contribution in [3.8, 4) is 0 Å². The number of carbonyl (C=O) groups is 1. The van der Waals surface area contributed by atoms with Gasteiger partial charge >= 0.3 is 0 Å². The van der Waals surface area contributed by atoms with Gasteiger partial charge in [0.25, 0.3) is 5.91 Å². The van der Waals surface area contributed by atoms with Crippen LogP contribution in [0.4, 0.5) is 16.0 Å².